The summed E-state index contributed by atoms with van der Waals surface area (Å²) in [5.74, 6) is 2.14. The molecule has 1 heteroatoms. The molecule has 2 fully saturated rings. The van der Waals surface area contributed by atoms with E-state index in [1.807, 2.05) is 13.8 Å². The summed E-state index contributed by atoms with van der Waals surface area (Å²) in [6, 6.07) is 0. The minimum absolute atomic E-state index is 1.05. The number of hydrogen-bond donors (Lipinski definition) is 0. The highest BCUT2D eigenvalue weighted by molar-refractivity contribution is 4.81. The molecule has 0 amide bonds. The molecule has 0 aromatic heterocycles. The van der Waals surface area contributed by atoms with Crippen molar-refractivity contribution in [3.05, 3.63) is 0 Å². The molecular weight excluding hydrogens is 182 g/mol. The second-order valence-corrected chi connectivity index (χ2v) is 4.84. The Kier molecular flexibility index (Phi) is 6.31. The van der Waals surface area contributed by atoms with Gasteiger partial charge in [0.05, 0.1) is 0 Å². The minimum Gasteiger partial charge on any atom is -0.303 e. The highest BCUT2D eigenvalue weighted by Gasteiger charge is 2.28. The smallest absolute Gasteiger partial charge is 0.00122 e. The molecule has 1 aliphatic carbocycles. The lowest BCUT2D eigenvalue weighted by Crippen LogP contribution is -2.39. The predicted molar refractivity (Wildman–Crippen MR) is 68.1 cm³/mol. The van der Waals surface area contributed by atoms with Gasteiger partial charge in [-0.05, 0) is 37.8 Å². The van der Waals surface area contributed by atoms with Crippen LogP contribution in [0.4, 0.5) is 0 Å². The van der Waals surface area contributed by atoms with Crippen LogP contribution in [-0.2, 0) is 0 Å². The summed E-state index contributed by atoms with van der Waals surface area (Å²) in [4.78, 5) is 2.65. The summed E-state index contributed by atoms with van der Waals surface area (Å²) in [7, 11) is 0. The van der Waals surface area contributed by atoms with Crippen LogP contribution < -0.4 is 0 Å². The summed E-state index contributed by atoms with van der Waals surface area (Å²) in [6.07, 6.45) is 9.03. The van der Waals surface area contributed by atoms with Gasteiger partial charge < -0.3 is 4.90 Å². The molecule has 0 radical (unpaired) electrons. The van der Waals surface area contributed by atoms with Crippen LogP contribution in [0.3, 0.4) is 0 Å². The topological polar surface area (TPSA) is 3.24 Å². The largest absolute Gasteiger partial charge is 0.303 e. The first-order chi connectivity index (χ1) is 7.40. The van der Waals surface area contributed by atoms with Crippen molar-refractivity contribution in [2.24, 2.45) is 11.8 Å². The highest BCUT2D eigenvalue weighted by Crippen LogP contribution is 2.34. The predicted octanol–water partition coefficient (Wildman–Crippen LogP) is 3.93. The van der Waals surface area contributed by atoms with Crippen LogP contribution in [0.1, 0.15) is 59.3 Å². The number of fused-ring (bicyclic) bond motifs is 1. The summed E-state index contributed by atoms with van der Waals surface area (Å²) < 4.78 is 0. The fraction of sp³-hybridized carbons (Fsp3) is 1.00. The van der Waals surface area contributed by atoms with Crippen molar-refractivity contribution >= 4 is 0 Å². The minimum atomic E-state index is 1.05. The third-order valence-corrected chi connectivity index (χ3v) is 4.07. The van der Waals surface area contributed by atoms with Gasteiger partial charge in [-0.3, -0.25) is 0 Å². The Bertz CT molecular complexity index is 155. The van der Waals surface area contributed by atoms with Gasteiger partial charge in [-0.15, -0.1) is 0 Å². The second kappa shape index (κ2) is 7.27. The Morgan fingerprint density at radius 1 is 0.933 bits per heavy atom. The van der Waals surface area contributed by atoms with Gasteiger partial charge in [-0.1, -0.05) is 46.5 Å². The Balaban J connectivity index is 0.000000531. The molecule has 1 saturated carbocycles. The lowest BCUT2D eigenvalue weighted by Gasteiger charge is -2.37. The van der Waals surface area contributed by atoms with Crippen molar-refractivity contribution in [1.82, 2.24) is 4.90 Å². The third-order valence-electron chi connectivity index (χ3n) is 4.07. The summed E-state index contributed by atoms with van der Waals surface area (Å²) >= 11 is 0. The van der Waals surface area contributed by atoms with Crippen LogP contribution in [0.2, 0.25) is 0 Å². The van der Waals surface area contributed by atoms with Gasteiger partial charge in [0.1, 0.15) is 0 Å². The number of hydrogen-bond acceptors (Lipinski definition) is 1. The van der Waals surface area contributed by atoms with Crippen molar-refractivity contribution in [2.45, 2.75) is 59.3 Å². The van der Waals surface area contributed by atoms with Crippen molar-refractivity contribution in [3.63, 3.8) is 0 Å². The van der Waals surface area contributed by atoms with E-state index < -0.39 is 0 Å². The van der Waals surface area contributed by atoms with E-state index in [9.17, 15) is 0 Å². The zero-order valence-electron chi connectivity index (χ0n) is 11.0. The lowest BCUT2D eigenvalue weighted by atomic mass is 9.82. The SMILES string of the molecule is CC.CCN1CCC2CCCCCC2C1. The van der Waals surface area contributed by atoms with E-state index in [1.54, 1.807) is 0 Å². The Morgan fingerprint density at radius 3 is 2.27 bits per heavy atom. The van der Waals surface area contributed by atoms with Gasteiger partial charge in [0.15, 0.2) is 0 Å². The molecule has 15 heavy (non-hydrogen) atoms. The van der Waals surface area contributed by atoms with Crippen molar-refractivity contribution in [3.8, 4) is 0 Å². The lowest BCUT2D eigenvalue weighted by molar-refractivity contribution is 0.118. The number of piperidine rings is 1. The maximum absolute atomic E-state index is 2.65. The molecule has 1 aliphatic heterocycles. The Hall–Kier alpha value is -0.0400. The van der Waals surface area contributed by atoms with Crippen LogP contribution in [-0.4, -0.2) is 24.5 Å². The fourth-order valence-electron chi connectivity index (χ4n) is 3.14. The first-order valence-corrected chi connectivity index (χ1v) is 7.12. The van der Waals surface area contributed by atoms with E-state index in [0.717, 1.165) is 11.8 Å². The fourth-order valence-corrected chi connectivity index (χ4v) is 3.14. The zero-order valence-corrected chi connectivity index (χ0v) is 11.0. The summed E-state index contributed by atoms with van der Waals surface area (Å²) in [5, 5.41) is 0. The average molecular weight is 211 g/mol. The van der Waals surface area contributed by atoms with Crippen molar-refractivity contribution in [1.29, 1.82) is 0 Å². The van der Waals surface area contributed by atoms with Crippen LogP contribution in [0.25, 0.3) is 0 Å². The molecule has 0 N–H and O–H groups in total. The molecule has 0 aromatic rings. The van der Waals surface area contributed by atoms with E-state index in [0.29, 0.717) is 0 Å². The maximum Gasteiger partial charge on any atom is 0.00122 e. The molecule has 1 saturated heterocycles. The molecular formula is C14H29N. The van der Waals surface area contributed by atoms with E-state index >= 15 is 0 Å². The number of likely N-dealkylation sites (tertiary alicyclic amines) is 1. The van der Waals surface area contributed by atoms with E-state index in [1.165, 1.54) is 58.2 Å². The van der Waals surface area contributed by atoms with Crippen LogP contribution >= 0.6 is 0 Å². The molecule has 2 atom stereocenters. The Labute approximate surface area is 96.2 Å². The maximum atomic E-state index is 2.65. The average Bonchev–Trinajstić information content (AvgIpc) is 2.55. The van der Waals surface area contributed by atoms with Crippen molar-refractivity contribution in [2.75, 3.05) is 19.6 Å². The molecule has 2 rings (SSSR count). The monoisotopic (exact) mass is 211 g/mol. The van der Waals surface area contributed by atoms with Crippen LogP contribution in [0, 0.1) is 11.8 Å². The molecule has 2 unspecified atom stereocenters. The first-order valence-electron chi connectivity index (χ1n) is 7.12. The number of nitrogens with zero attached hydrogens (tertiary/aromatic N) is 1. The molecule has 2 aliphatic rings. The van der Waals surface area contributed by atoms with E-state index in [4.69, 9.17) is 0 Å². The van der Waals surface area contributed by atoms with E-state index in [2.05, 4.69) is 11.8 Å². The van der Waals surface area contributed by atoms with Crippen LogP contribution in [0.15, 0.2) is 0 Å². The van der Waals surface area contributed by atoms with Crippen molar-refractivity contribution < 1.29 is 0 Å². The first kappa shape index (κ1) is 13.0. The quantitative estimate of drug-likeness (QED) is 0.635. The molecule has 1 nitrogen and oxygen atoms in total. The normalized spacial score (nSPS) is 32.2. The molecule has 0 aromatic carbocycles. The highest BCUT2D eigenvalue weighted by atomic mass is 15.1. The number of rotatable bonds is 1. The van der Waals surface area contributed by atoms with Crippen LogP contribution in [0.5, 0.6) is 0 Å². The molecule has 0 spiro atoms. The van der Waals surface area contributed by atoms with Gasteiger partial charge >= 0.3 is 0 Å². The van der Waals surface area contributed by atoms with Gasteiger partial charge in [0, 0.05) is 6.54 Å². The van der Waals surface area contributed by atoms with Gasteiger partial charge in [-0.2, -0.15) is 0 Å². The van der Waals surface area contributed by atoms with E-state index in [-0.39, 0.29) is 0 Å². The molecule has 90 valence electrons. The van der Waals surface area contributed by atoms with Gasteiger partial charge in [0.2, 0.25) is 0 Å². The standard InChI is InChI=1S/C12H23N.C2H6/c1-2-13-9-8-11-6-4-3-5-7-12(11)10-13;1-2/h11-12H,2-10H2,1H3;1-2H3. The third kappa shape index (κ3) is 3.79. The molecule has 0 bridgehead atoms. The summed E-state index contributed by atoms with van der Waals surface area (Å²) in [6.45, 7) is 10.3. The second-order valence-electron chi connectivity index (χ2n) is 4.84. The molecule has 1 heterocycles. The van der Waals surface area contributed by atoms with Gasteiger partial charge in [0.25, 0.3) is 0 Å². The Morgan fingerprint density at radius 2 is 1.60 bits per heavy atom. The van der Waals surface area contributed by atoms with Gasteiger partial charge in [-0.25, -0.2) is 0 Å². The zero-order chi connectivity index (χ0) is 11.1. The summed E-state index contributed by atoms with van der Waals surface area (Å²) in [5.41, 5.74) is 0.